The minimum Gasteiger partial charge on any atom is -0.465 e. The zero-order valence-corrected chi connectivity index (χ0v) is 9.99. The van der Waals surface area contributed by atoms with E-state index in [0.717, 1.165) is 22.0 Å². The fourth-order valence-electron chi connectivity index (χ4n) is 2.00. The van der Waals surface area contributed by atoms with Crippen LogP contribution in [0.2, 0.25) is 0 Å². The zero-order valence-electron chi connectivity index (χ0n) is 9.99. The van der Waals surface area contributed by atoms with E-state index in [9.17, 15) is 4.79 Å². The molecule has 0 aliphatic carbocycles. The van der Waals surface area contributed by atoms with Crippen LogP contribution in [0.3, 0.4) is 0 Å². The first-order chi connectivity index (χ1) is 8.15. The molecular formula is C13H16N2O2. The number of hydrogen-bond donors (Lipinski definition) is 2. The van der Waals surface area contributed by atoms with Crippen molar-refractivity contribution in [2.45, 2.75) is 19.9 Å². The van der Waals surface area contributed by atoms with Gasteiger partial charge in [-0.2, -0.15) is 0 Å². The van der Waals surface area contributed by atoms with Crippen LogP contribution in [0.25, 0.3) is 10.9 Å². The SMILES string of the molecule is CCOC(=O)C(N)c1c[nH]c2cccc(C)c12. The number of hydrogen-bond acceptors (Lipinski definition) is 3. The van der Waals surface area contributed by atoms with Gasteiger partial charge >= 0.3 is 5.97 Å². The number of ether oxygens (including phenoxy) is 1. The molecule has 2 rings (SSSR count). The van der Waals surface area contributed by atoms with Gasteiger partial charge in [-0.25, -0.2) is 4.79 Å². The zero-order chi connectivity index (χ0) is 12.4. The number of rotatable bonds is 3. The van der Waals surface area contributed by atoms with Crippen molar-refractivity contribution in [3.05, 3.63) is 35.5 Å². The molecule has 0 spiro atoms. The van der Waals surface area contributed by atoms with Crippen LogP contribution in [0.15, 0.2) is 24.4 Å². The quantitative estimate of drug-likeness (QED) is 0.796. The van der Waals surface area contributed by atoms with Crippen LogP contribution >= 0.6 is 0 Å². The summed E-state index contributed by atoms with van der Waals surface area (Å²) in [5.74, 6) is -0.392. The van der Waals surface area contributed by atoms with Crippen LogP contribution in [-0.2, 0) is 9.53 Å². The van der Waals surface area contributed by atoms with Crippen LogP contribution < -0.4 is 5.73 Å². The summed E-state index contributed by atoms with van der Waals surface area (Å²) in [5, 5.41) is 1.01. The summed E-state index contributed by atoms with van der Waals surface area (Å²) in [6.07, 6.45) is 1.78. The summed E-state index contributed by atoms with van der Waals surface area (Å²) >= 11 is 0. The molecule has 1 aromatic heterocycles. The van der Waals surface area contributed by atoms with E-state index in [1.165, 1.54) is 0 Å². The molecule has 0 radical (unpaired) electrons. The second kappa shape index (κ2) is 4.59. The Hall–Kier alpha value is -1.81. The highest BCUT2D eigenvalue weighted by atomic mass is 16.5. The number of aryl methyl sites for hydroxylation is 1. The summed E-state index contributed by atoms with van der Waals surface area (Å²) < 4.78 is 4.94. The number of benzene rings is 1. The molecule has 0 saturated heterocycles. The number of carbonyl (C=O) groups excluding carboxylic acids is 1. The monoisotopic (exact) mass is 232 g/mol. The Kier molecular flexibility index (Phi) is 3.15. The Morgan fingerprint density at radius 2 is 2.29 bits per heavy atom. The molecule has 1 unspecified atom stereocenters. The molecule has 4 nitrogen and oxygen atoms in total. The molecule has 1 atom stereocenters. The van der Waals surface area contributed by atoms with Crippen molar-refractivity contribution in [3.8, 4) is 0 Å². The van der Waals surface area contributed by atoms with Crippen molar-refractivity contribution in [3.63, 3.8) is 0 Å². The molecule has 3 N–H and O–H groups in total. The first-order valence-electron chi connectivity index (χ1n) is 5.64. The van der Waals surface area contributed by atoms with Gasteiger partial charge in [0.2, 0.25) is 0 Å². The second-order valence-corrected chi connectivity index (χ2v) is 3.97. The molecule has 0 amide bonds. The highest BCUT2D eigenvalue weighted by molar-refractivity contribution is 5.91. The van der Waals surface area contributed by atoms with Gasteiger partial charge in [-0.05, 0) is 25.5 Å². The van der Waals surface area contributed by atoms with Crippen LogP contribution in [0.1, 0.15) is 24.1 Å². The number of nitrogens with one attached hydrogen (secondary N) is 1. The predicted molar refractivity (Wildman–Crippen MR) is 66.6 cm³/mol. The normalized spacial score (nSPS) is 12.6. The maximum Gasteiger partial charge on any atom is 0.327 e. The Labute approximate surface area is 99.8 Å². The largest absolute Gasteiger partial charge is 0.465 e. The van der Waals surface area contributed by atoms with E-state index in [2.05, 4.69) is 4.98 Å². The van der Waals surface area contributed by atoms with E-state index in [-0.39, 0.29) is 0 Å². The number of carbonyl (C=O) groups is 1. The summed E-state index contributed by atoms with van der Waals surface area (Å²) in [5.41, 5.74) is 8.78. The third kappa shape index (κ3) is 2.03. The summed E-state index contributed by atoms with van der Waals surface area (Å²) in [7, 11) is 0. The average molecular weight is 232 g/mol. The molecule has 0 bridgehead atoms. The molecule has 0 saturated carbocycles. The van der Waals surface area contributed by atoms with Crippen molar-refractivity contribution in [2.75, 3.05) is 6.61 Å². The number of fused-ring (bicyclic) bond motifs is 1. The summed E-state index contributed by atoms with van der Waals surface area (Å²) in [6.45, 7) is 4.11. The van der Waals surface area contributed by atoms with Crippen LogP contribution in [0, 0.1) is 6.92 Å². The van der Waals surface area contributed by atoms with E-state index >= 15 is 0 Å². The second-order valence-electron chi connectivity index (χ2n) is 3.97. The maximum absolute atomic E-state index is 11.6. The summed E-state index contributed by atoms with van der Waals surface area (Å²) in [6, 6.07) is 5.19. The Morgan fingerprint density at radius 1 is 1.53 bits per heavy atom. The van der Waals surface area contributed by atoms with E-state index in [4.69, 9.17) is 10.5 Å². The van der Waals surface area contributed by atoms with Crippen molar-refractivity contribution in [1.82, 2.24) is 4.98 Å². The minimum absolute atomic E-state index is 0.341. The Balaban J connectivity index is 2.45. The van der Waals surface area contributed by atoms with Gasteiger partial charge in [0.05, 0.1) is 6.61 Å². The molecular weight excluding hydrogens is 216 g/mol. The highest BCUT2D eigenvalue weighted by Crippen LogP contribution is 2.26. The number of aromatic amines is 1. The molecule has 1 heterocycles. The van der Waals surface area contributed by atoms with Crippen LogP contribution in [-0.4, -0.2) is 17.6 Å². The lowest BCUT2D eigenvalue weighted by atomic mass is 10.0. The lowest BCUT2D eigenvalue weighted by Gasteiger charge is -2.10. The van der Waals surface area contributed by atoms with Gasteiger partial charge in [0.15, 0.2) is 0 Å². The molecule has 1 aromatic carbocycles. The molecule has 90 valence electrons. The van der Waals surface area contributed by atoms with Crippen molar-refractivity contribution in [1.29, 1.82) is 0 Å². The van der Waals surface area contributed by atoms with Gasteiger partial charge in [0.25, 0.3) is 0 Å². The third-order valence-electron chi connectivity index (χ3n) is 2.82. The van der Waals surface area contributed by atoms with Gasteiger partial charge in [-0.1, -0.05) is 12.1 Å². The van der Waals surface area contributed by atoms with E-state index in [0.29, 0.717) is 6.61 Å². The molecule has 4 heteroatoms. The highest BCUT2D eigenvalue weighted by Gasteiger charge is 2.21. The van der Waals surface area contributed by atoms with Crippen LogP contribution in [0.4, 0.5) is 0 Å². The van der Waals surface area contributed by atoms with Crippen molar-refractivity contribution < 1.29 is 9.53 Å². The smallest absolute Gasteiger partial charge is 0.327 e. The average Bonchev–Trinajstić information content (AvgIpc) is 2.73. The minimum atomic E-state index is -0.732. The Bertz CT molecular complexity index is 545. The van der Waals surface area contributed by atoms with E-state index in [1.54, 1.807) is 13.1 Å². The number of H-pyrrole nitrogens is 1. The first kappa shape index (κ1) is 11.7. The van der Waals surface area contributed by atoms with Crippen molar-refractivity contribution in [2.24, 2.45) is 5.73 Å². The maximum atomic E-state index is 11.6. The van der Waals surface area contributed by atoms with Gasteiger partial charge < -0.3 is 15.5 Å². The molecule has 17 heavy (non-hydrogen) atoms. The van der Waals surface area contributed by atoms with Crippen molar-refractivity contribution >= 4 is 16.9 Å². The third-order valence-corrected chi connectivity index (χ3v) is 2.82. The molecule has 0 fully saturated rings. The molecule has 0 aliphatic rings. The molecule has 2 aromatic rings. The fourth-order valence-corrected chi connectivity index (χ4v) is 2.00. The van der Waals surface area contributed by atoms with Gasteiger partial charge in [0.1, 0.15) is 6.04 Å². The number of aromatic nitrogens is 1. The number of nitrogens with two attached hydrogens (primary N) is 1. The van der Waals surface area contributed by atoms with Gasteiger partial charge in [0, 0.05) is 22.7 Å². The van der Waals surface area contributed by atoms with Crippen LogP contribution in [0.5, 0.6) is 0 Å². The standard InChI is InChI=1S/C13H16N2O2/c1-3-17-13(16)12(14)9-7-15-10-6-4-5-8(2)11(9)10/h4-7,12,15H,3,14H2,1-2H3. The molecule has 0 aliphatic heterocycles. The lowest BCUT2D eigenvalue weighted by Crippen LogP contribution is -2.23. The fraction of sp³-hybridized carbons (Fsp3) is 0.308. The topological polar surface area (TPSA) is 68.1 Å². The van der Waals surface area contributed by atoms with Gasteiger partial charge in [-0.15, -0.1) is 0 Å². The first-order valence-corrected chi connectivity index (χ1v) is 5.64. The predicted octanol–water partition coefficient (Wildman–Crippen LogP) is 2.04. The van der Waals surface area contributed by atoms with Gasteiger partial charge in [-0.3, -0.25) is 0 Å². The lowest BCUT2D eigenvalue weighted by molar-refractivity contribution is -0.144. The number of esters is 1. The van der Waals surface area contributed by atoms with E-state index in [1.807, 2.05) is 25.1 Å². The van der Waals surface area contributed by atoms with E-state index < -0.39 is 12.0 Å². The Morgan fingerprint density at radius 3 is 3.00 bits per heavy atom. The summed E-state index contributed by atoms with van der Waals surface area (Å²) in [4.78, 5) is 14.8.